The zero-order valence-corrected chi connectivity index (χ0v) is 4.27. The van der Waals surface area contributed by atoms with Crippen LogP contribution in [0.4, 0.5) is 5.00 Å². The van der Waals surface area contributed by atoms with Crippen LogP contribution >= 0.6 is 11.5 Å². The van der Waals surface area contributed by atoms with E-state index in [2.05, 4.69) is 4.37 Å². The van der Waals surface area contributed by atoms with Crippen molar-refractivity contribution in [2.45, 2.75) is 0 Å². The van der Waals surface area contributed by atoms with Gasteiger partial charge in [0, 0.05) is 6.07 Å². The average molecular weight is 116 g/mol. The van der Waals surface area contributed by atoms with Gasteiger partial charge in [-0.15, -0.1) is 0 Å². The maximum atomic E-state index is 8.47. The monoisotopic (exact) mass is 116 g/mol. The molecule has 0 aliphatic carbocycles. The van der Waals surface area contributed by atoms with Gasteiger partial charge >= 0.3 is 0 Å². The molecule has 0 saturated carbocycles. The summed E-state index contributed by atoms with van der Waals surface area (Å²) in [5.41, 5.74) is 5.17. The van der Waals surface area contributed by atoms with Crippen molar-refractivity contribution in [1.29, 1.82) is 0 Å². The summed E-state index contributed by atoms with van der Waals surface area (Å²) >= 11 is 1.08. The molecule has 3 nitrogen and oxygen atoms in total. The molecule has 1 heterocycles. The fourth-order valence-corrected chi connectivity index (χ4v) is 0.689. The first-order chi connectivity index (χ1) is 3.29. The summed E-state index contributed by atoms with van der Waals surface area (Å²) in [6, 6.07) is 1.41. The molecule has 0 aliphatic rings. The van der Waals surface area contributed by atoms with E-state index in [1.54, 1.807) is 0 Å². The molecular weight excluding hydrogens is 112 g/mol. The van der Waals surface area contributed by atoms with E-state index in [9.17, 15) is 0 Å². The first kappa shape index (κ1) is 4.39. The van der Waals surface area contributed by atoms with Crippen molar-refractivity contribution in [3.8, 4) is 5.88 Å². The van der Waals surface area contributed by atoms with Gasteiger partial charge in [0.1, 0.15) is 5.00 Å². The van der Waals surface area contributed by atoms with E-state index < -0.39 is 0 Å². The van der Waals surface area contributed by atoms with Gasteiger partial charge in [-0.2, -0.15) is 4.37 Å². The minimum absolute atomic E-state index is 0.00231. The van der Waals surface area contributed by atoms with Crippen molar-refractivity contribution in [3.63, 3.8) is 0 Å². The quantitative estimate of drug-likeness (QED) is 0.516. The van der Waals surface area contributed by atoms with Crippen molar-refractivity contribution < 1.29 is 5.11 Å². The van der Waals surface area contributed by atoms with Crippen LogP contribution in [0.25, 0.3) is 0 Å². The zero-order valence-electron chi connectivity index (χ0n) is 3.46. The number of aromatic hydroxyl groups is 1. The average Bonchev–Trinajstić information content (AvgIpc) is 1.87. The van der Waals surface area contributed by atoms with Crippen molar-refractivity contribution in [1.82, 2.24) is 4.37 Å². The van der Waals surface area contributed by atoms with Gasteiger partial charge in [-0.25, -0.2) is 0 Å². The first-order valence-electron chi connectivity index (χ1n) is 1.70. The zero-order chi connectivity index (χ0) is 5.28. The Hall–Kier alpha value is -0.770. The highest BCUT2D eigenvalue weighted by Gasteiger charge is 1.89. The molecule has 0 bridgehead atoms. The number of nitrogen functional groups attached to an aromatic ring is 1. The smallest absolute Gasteiger partial charge is 0.224 e. The summed E-state index contributed by atoms with van der Waals surface area (Å²) in [4.78, 5) is 0. The van der Waals surface area contributed by atoms with E-state index >= 15 is 0 Å². The van der Waals surface area contributed by atoms with Gasteiger partial charge in [0.15, 0.2) is 0 Å². The normalized spacial score (nSPS) is 9.14. The Labute approximate surface area is 44.6 Å². The van der Waals surface area contributed by atoms with E-state index in [4.69, 9.17) is 10.8 Å². The molecule has 0 radical (unpaired) electrons. The second-order valence-corrected chi connectivity index (χ2v) is 1.92. The van der Waals surface area contributed by atoms with Gasteiger partial charge in [-0.1, -0.05) is 0 Å². The Balaban J connectivity index is 3.04. The number of aromatic nitrogens is 1. The van der Waals surface area contributed by atoms with Crippen LogP contribution in [-0.4, -0.2) is 9.48 Å². The number of hydrogen-bond acceptors (Lipinski definition) is 4. The molecule has 0 unspecified atom stereocenters. The van der Waals surface area contributed by atoms with E-state index in [1.807, 2.05) is 0 Å². The molecule has 0 aliphatic heterocycles. The van der Waals surface area contributed by atoms with Gasteiger partial charge in [0.2, 0.25) is 5.88 Å². The summed E-state index contributed by atoms with van der Waals surface area (Å²) in [5, 5.41) is 9.01. The maximum absolute atomic E-state index is 8.47. The second-order valence-electron chi connectivity index (χ2n) is 1.09. The Morgan fingerprint density at radius 1 is 1.86 bits per heavy atom. The fourth-order valence-electron chi connectivity index (χ4n) is 0.279. The molecule has 1 aromatic heterocycles. The van der Waals surface area contributed by atoms with E-state index in [0.717, 1.165) is 11.5 Å². The summed E-state index contributed by atoms with van der Waals surface area (Å²) in [5.74, 6) is 0.00231. The lowest BCUT2D eigenvalue weighted by Gasteiger charge is -1.69. The molecule has 0 atom stereocenters. The molecular formula is C3H4N2OS. The number of anilines is 1. The second kappa shape index (κ2) is 1.38. The molecule has 0 amide bonds. The number of nitrogens with zero attached hydrogens (tertiary/aromatic N) is 1. The van der Waals surface area contributed by atoms with Gasteiger partial charge in [0.05, 0.1) is 0 Å². The Bertz CT molecular complexity index is 145. The lowest BCUT2D eigenvalue weighted by Crippen LogP contribution is -1.72. The van der Waals surface area contributed by atoms with Gasteiger partial charge in [-0.05, 0) is 11.5 Å². The van der Waals surface area contributed by atoms with Crippen molar-refractivity contribution >= 4 is 16.5 Å². The predicted octanol–water partition coefficient (Wildman–Crippen LogP) is 0.431. The van der Waals surface area contributed by atoms with Crippen molar-refractivity contribution in [3.05, 3.63) is 6.07 Å². The molecule has 4 heteroatoms. The number of hydrogen-bond donors (Lipinski definition) is 2. The summed E-state index contributed by atoms with van der Waals surface area (Å²) in [6.07, 6.45) is 0. The molecule has 0 fully saturated rings. The predicted molar refractivity (Wildman–Crippen MR) is 28.2 cm³/mol. The fraction of sp³-hybridized carbons (Fsp3) is 0. The summed E-state index contributed by atoms with van der Waals surface area (Å²) in [6.45, 7) is 0. The van der Waals surface area contributed by atoms with Crippen LogP contribution in [-0.2, 0) is 0 Å². The Morgan fingerprint density at radius 3 is 2.71 bits per heavy atom. The Morgan fingerprint density at radius 2 is 2.57 bits per heavy atom. The molecule has 0 spiro atoms. The molecule has 3 N–H and O–H groups in total. The van der Waals surface area contributed by atoms with Crippen LogP contribution in [0.1, 0.15) is 0 Å². The standard InChI is InChI=1S/C3H4N2OS/c4-2-1-3(6)5-7-2/h1H,4H2,(H,5,6). The highest BCUT2D eigenvalue weighted by atomic mass is 32.1. The van der Waals surface area contributed by atoms with Crippen molar-refractivity contribution in [2.75, 3.05) is 5.73 Å². The van der Waals surface area contributed by atoms with Crippen LogP contribution in [0.5, 0.6) is 5.88 Å². The van der Waals surface area contributed by atoms with Crippen molar-refractivity contribution in [2.24, 2.45) is 0 Å². The number of rotatable bonds is 0. The molecule has 38 valence electrons. The van der Waals surface area contributed by atoms with Crippen LogP contribution in [0.2, 0.25) is 0 Å². The third-order valence-electron chi connectivity index (χ3n) is 0.516. The third kappa shape index (κ3) is 0.806. The minimum atomic E-state index is 0.00231. The number of nitrogens with two attached hydrogens (primary N) is 1. The molecule has 1 aromatic rings. The van der Waals surface area contributed by atoms with E-state index in [1.165, 1.54) is 6.07 Å². The lowest BCUT2D eigenvalue weighted by molar-refractivity contribution is 0.460. The SMILES string of the molecule is Nc1cc(O)ns1. The third-order valence-corrected chi connectivity index (χ3v) is 1.12. The summed E-state index contributed by atoms with van der Waals surface area (Å²) in [7, 11) is 0. The highest BCUT2D eigenvalue weighted by Crippen LogP contribution is 2.15. The first-order valence-corrected chi connectivity index (χ1v) is 2.47. The molecule has 0 saturated heterocycles. The largest absolute Gasteiger partial charge is 0.493 e. The van der Waals surface area contributed by atoms with Gasteiger partial charge in [0.25, 0.3) is 0 Å². The van der Waals surface area contributed by atoms with E-state index in [-0.39, 0.29) is 5.88 Å². The van der Waals surface area contributed by atoms with Crippen LogP contribution < -0.4 is 5.73 Å². The van der Waals surface area contributed by atoms with Gasteiger partial charge < -0.3 is 10.8 Å². The van der Waals surface area contributed by atoms with Crippen LogP contribution in [0, 0.1) is 0 Å². The van der Waals surface area contributed by atoms with E-state index in [0.29, 0.717) is 5.00 Å². The van der Waals surface area contributed by atoms with Crippen LogP contribution in [0.15, 0.2) is 6.07 Å². The minimum Gasteiger partial charge on any atom is -0.493 e. The highest BCUT2D eigenvalue weighted by molar-refractivity contribution is 7.10. The molecule has 7 heavy (non-hydrogen) atoms. The van der Waals surface area contributed by atoms with Gasteiger partial charge in [-0.3, -0.25) is 0 Å². The topological polar surface area (TPSA) is 59.1 Å². The molecule has 1 rings (SSSR count). The maximum Gasteiger partial charge on any atom is 0.224 e. The summed E-state index contributed by atoms with van der Waals surface area (Å²) < 4.78 is 3.49. The Kier molecular flexibility index (Phi) is 0.867. The molecule has 0 aromatic carbocycles. The lowest BCUT2D eigenvalue weighted by atomic mass is 10.7. The van der Waals surface area contributed by atoms with Crippen LogP contribution in [0.3, 0.4) is 0 Å².